The SMILES string of the molecule is Cn1ncc2cc(/C=C3\N=C(N[C@H]4CCCOC4)NC3=O)ccc21. The van der Waals surface area contributed by atoms with Crippen LogP contribution < -0.4 is 10.6 Å². The Kier molecular flexibility index (Phi) is 3.78. The lowest BCUT2D eigenvalue weighted by atomic mass is 10.1. The fourth-order valence-corrected chi connectivity index (χ4v) is 3.01. The van der Waals surface area contributed by atoms with Crippen LogP contribution in [0.4, 0.5) is 0 Å². The number of guanidine groups is 1. The van der Waals surface area contributed by atoms with Gasteiger partial charge in [0.1, 0.15) is 5.70 Å². The molecule has 4 rings (SSSR count). The number of nitrogens with zero attached hydrogens (tertiary/aromatic N) is 3. The number of aliphatic imine (C=N–C) groups is 1. The second kappa shape index (κ2) is 6.09. The summed E-state index contributed by atoms with van der Waals surface area (Å²) in [5, 5.41) is 11.3. The number of hydrogen-bond donors (Lipinski definition) is 2. The highest BCUT2D eigenvalue weighted by molar-refractivity contribution is 6.13. The highest BCUT2D eigenvalue weighted by Crippen LogP contribution is 2.18. The van der Waals surface area contributed by atoms with E-state index in [0.29, 0.717) is 18.3 Å². The Morgan fingerprint density at radius 2 is 2.38 bits per heavy atom. The summed E-state index contributed by atoms with van der Waals surface area (Å²) in [6.07, 6.45) is 5.64. The summed E-state index contributed by atoms with van der Waals surface area (Å²) in [6.45, 7) is 1.45. The van der Waals surface area contributed by atoms with Gasteiger partial charge in [-0.05, 0) is 36.6 Å². The number of aromatic nitrogens is 2. The van der Waals surface area contributed by atoms with Crippen LogP contribution in [0.15, 0.2) is 35.1 Å². The first-order valence-electron chi connectivity index (χ1n) is 8.07. The van der Waals surface area contributed by atoms with Crippen LogP contribution >= 0.6 is 0 Å². The Bertz CT molecular complexity index is 846. The van der Waals surface area contributed by atoms with Crippen molar-refractivity contribution in [1.82, 2.24) is 20.4 Å². The molecule has 7 heteroatoms. The van der Waals surface area contributed by atoms with Gasteiger partial charge in [-0.3, -0.25) is 14.8 Å². The molecule has 124 valence electrons. The fraction of sp³-hybridized carbons (Fsp3) is 0.353. The van der Waals surface area contributed by atoms with Crippen molar-refractivity contribution in [2.24, 2.45) is 12.0 Å². The number of ether oxygens (including phenoxy) is 1. The molecule has 1 aromatic carbocycles. The summed E-state index contributed by atoms with van der Waals surface area (Å²) in [6, 6.07) is 6.15. The van der Waals surface area contributed by atoms with E-state index in [1.165, 1.54) is 0 Å². The van der Waals surface area contributed by atoms with Gasteiger partial charge in [0.15, 0.2) is 0 Å². The molecule has 0 unspecified atom stereocenters. The molecule has 3 heterocycles. The number of aryl methyl sites for hydroxylation is 1. The molecule has 2 N–H and O–H groups in total. The van der Waals surface area contributed by atoms with Crippen molar-refractivity contribution in [3.63, 3.8) is 0 Å². The van der Waals surface area contributed by atoms with Gasteiger partial charge in [-0.15, -0.1) is 0 Å². The van der Waals surface area contributed by atoms with Gasteiger partial charge >= 0.3 is 0 Å². The minimum atomic E-state index is -0.194. The second-order valence-corrected chi connectivity index (χ2v) is 6.09. The molecule has 2 aliphatic heterocycles. The van der Waals surface area contributed by atoms with E-state index in [4.69, 9.17) is 4.74 Å². The number of nitrogens with one attached hydrogen (secondary N) is 2. The van der Waals surface area contributed by atoms with E-state index in [-0.39, 0.29) is 11.9 Å². The van der Waals surface area contributed by atoms with Gasteiger partial charge < -0.3 is 10.1 Å². The van der Waals surface area contributed by atoms with E-state index in [9.17, 15) is 4.79 Å². The molecule has 0 spiro atoms. The van der Waals surface area contributed by atoms with Gasteiger partial charge in [0.2, 0.25) is 5.96 Å². The number of carbonyl (C=O) groups is 1. The molecular formula is C17H19N5O2. The van der Waals surface area contributed by atoms with Crippen LogP contribution in [0.5, 0.6) is 0 Å². The van der Waals surface area contributed by atoms with E-state index in [1.54, 1.807) is 6.08 Å². The highest BCUT2D eigenvalue weighted by atomic mass is 16.5. The number of benzene rings is 1. The van der Waals surface area contributed by atoms with Crippen molar-refractivity contribution in [1.29, 1.82) is 0 Å². The quantitative estimate of drug-likeness (QED) is 0.812. The van der Waals surface area contributed by atoms with Crippen LogP contribution in [0.25, 0.3) is 17.0 Å². The molecule has 1 fully saturated rings. The lowest BCUT2D eigenvalue weighted by molar-refractivity contribution is -0.115. The van der Waals surface area contributed by atoms with E-state index in [2.05, 4.69) is 20.7 Å². The summed E-state index contributed by atoms with van der Waals surface area (Å²) < 4.78 is 7.25. The molecule has 1 atom stereocenters. The molecule has 1 amide bonds. The maximum atomic E-state index is 12.1. The number of rotatable bonds is 2. The van der Waals surface area contributed by atoms with Gasteiger partial charge in [0, 0.05) is 19.0 Å². The summed E-state index contributed by atoms with van der Waals surface area (Å²) in [5.41, 5.74) is 2.38. The average molecular weight is 325 g/mol. The van der Waals surface area contributed by atoms with Crippen molar-refractivity contribution in [2.75, 3.05) is 13.2 Å². The lowest BCUT2D eigenvalue weighted by Crippen LogP contribution is -2.45. The topological polar surface area (TPSA) is 80.5 Å². The molecule has 7 nitrogen and oxygen atoms in total. The third kappa shape index (κ3) is 2.90. The molecule has 0 saturated carbocycles. The average Bonchev–Trinajstić information content (AvgIpc) is 3.11. The number of hydrogen-bond acceptors (Lipinski definition) is 5. The summed E-state index contributed by atoms with van der Waals surface area (Å²) in [4.78, 5) is 16.5. The smallest absolute Gasteiger partial charge is 0.276 e. The van der Waals surface area contributed by atoms with E-state index < -0.39 is 0 Å². The van der Waals surface area contributed by atoms with E-state index in [1.807, 2.05) is 36.1 Å². The molecule has 2 aliphatic rings. The van der Waals surface area contributed by atoms with E-state index >= 15 is 0 Å². The molecule has 2 aromatic rings. The summed E-state index contributed by atoms with van der Waals surface area (Å²) >= 11 is 0. The van der Waals surface area contributed by atoms with Crippen LogP contribution in [0.3, 0.4) is 0 Å². The highest BCUT2D eigenvalue weighted by Gasteiger charge is 2.23. The van der Waals surface area contributed by atoms with Gasteiger partial charge in [-0.2, -0.15) is 5.10 Å². The zero-order valence-electron chi connectivity index (χ0n) is 13.5. The first kappa shape index (κ1) is 14.9. The van der Waals surface area contributed by atoms with Crippen molar-refractivity contribution < 1.29 is 9.53 Å². The molecule has 24 heavy (non-hydrogen) atoms. The zero-order chi connectivity index (χ0) is 16.5. The Balaban J connectivity index is 1.54. The van der Waals surface area contributed by atoms with Gasteiger partial charge in [0.05, 0.1) is 24.4 Å². The maximum absolute atomic E-state index is 12.1. The number of fused-ring (bicyclic) bond motifs is 1. The summed E-state index contributed by atoms with van der Waals surface area (Å²) in [7, 11) is 1.90. The third-order valence-electron chi connectivity index (χ3n) is 4.27. The number of amides is 1. The normalized spacial score (nSPS) is 22.7. The van der Waals surface area contributed by atoms with Crippen LogP contribution in [-0.2, 0) is 16.6 Å². The van der Waals surface area contributed by atoms with Crippen molar-refractivity contribution in [3.8, 4) is 0 Å². The Hall–Kier alpha value is -2.67. The third-order valence-corrected chi connectivity index (χ3v) is 4.27. The van der Waals surface area contributed by atoms with Gasteiger partial charge in [-0.25, -0.2) is 4.99 Å². The minimum absolute atomic E-state index is 0.194. The first-order valence-corrected chi connectivity index (χ1v) is 8.07. The Labute approximate surface area is 139 Å². The van der Waals surface area contributed by atoms with Crippen molar-refractivity contribution in [3.05, 3.63) is 35.7 Å². The first-order chi connectivity index (χ1) is 11.7. The molecule has 1 aromatic heterocycles. The molecular weight excluding hydrogens is 306 g/mol. The second-order valence-electron chi connectivity index (χ2n) is 6.09. The van der Waals surface area contributed by atoms with Crippen LogP contribution in [0.2, 0.25) is 0 Å². The van der Waals surface area contributed by atoms with Crippen LogP contribution in [-0.4, -0.2) is 40.9 Å². The molecule has 0 radical (unpaired) electrons. The molecule has 0 aliphatic carbocycles. The Morgan fingerprint density at radius 1 is 1.46 bits per heavy atom. The maximum Gasteiger partial charge on any atom is 0.276 e. The largest absolute Gasteiger partial charge is 0.379 e. The standard InChI is InChI=1S/C17H19N5O2/c1-22-15-5-4-11(7-12(15)9-18-22)8-14-16(23)21-17(20-14)19-13-3-2-6-24-10-13/h4-5,7-9,13H,2-3,6,10H2,1H3,(H2,19,20,21,23)/b14-8-/t13-/m0/s1. The minimum Gasteiger partial charge on any atom is -0.379 e. The van der Waals surface area contributed by atoms with Gasteiger partial charge in [0.25, 0.3) is 5.91 Å². The predicted molar refractivity (Wildman–Crippen MR) is 91.2 cm³/mol. The summed E-state index contributed by atoms with van der Waals surface area (Å²) in [5.74, 6) is 0.310. The fourth-order valence-electron chi connectivity index (χ4n) is 3.01. The monoisotopic (exact) mass is 325 g/mol. The van der Waals surface area contributed by atoms with Crippen molar-refractivity contribution in [2.45, 2.75) is 18.9 Å². The lowest BCUT2D eigenvalue weighted by Gasteiger charge is -2.23. The van der Waals surface area contributed by atoms with E-state index in [0.717, 1.165) is 35.9 Å². The zero-order valence-corrected chi connectivity index (χ0v) is 13.5. The molecule has 1 saturated heterocycles. The van der Waals surface area contributed by atoms with Crippen LogP contribution in [0.1, 0.15) is 18.4 Å². The van der Waals surface area contributed by atoms with Crippen LogP contribution in [0, 0.1) is 0 Å². The number of carbonyl (C=O) groups excluding carboxylic acids is 1. The predicted octanol–water partition coefficient (Wildman–Crippen LogP) is 1.17. The van der Waals surface area contributed by atoms with Gasteiger partial charge in [-0.1, -0.05) is 6.07 Å². The van der Waals surface area contributed by atoms with Crippen molar-refractivity contribution >= 4 is 28.8 Å². The molecule has 0 bridgehead atoms. The Morgan fingerprint density at radius 3 is 3.21 bits per heavy atom.